The molecule has 4 aromatic rings. The summed E-state index contributed by atoms with van der Waals surface area (Å²) in [6, 6.07) is 24.9. The minimum atomic E-state index is -0.131. The molecule has 0 saturated carbocycles. The summed E-state index contributed by atoms with van der Waals surface area (Å²) in [5, 5.41) is 6.98. The van der Waals surface area contributed by atoms with Crippen molar-refractivity contribution in [3.05, 3.63) is 90.0 Å². The van der Waals surface area contributed by atoms with Gasteiger partial charge in [-0.25, -0.2) is 0 Å². The van der Waals surface area contributed by atoms with E-state index >= 15 is 0 Å². The first-order chi connectivity index (χ1) is 14.6. The van der Waals surface area contributed by atoms with E-state index in [1.807, 2.05) is 85.7 Å². The van der Waals surface area contributed by atoms with Crippen molar-refractivity contribution >= 4 is 11.6 Å². The van der Waals surface area contributed by atoms with Gasteiger partial charge in [0.2, 0.25) is 5.82 Å². The van der Waals surface area contributed by atoms with Crippen LogP contribution in [0.5, 0.6) is 0 Å². The Morgan fingerprint density at radius 3 is 2.27 bits per heavy atom. The van der Waals surface area contributed by atoms with E-state index in [2.05, 4.69) is 15.5 Å². The van der Waals surface area contributed by atoms with Crippen LogP contribution >= 0.6 is 0 Å². The summed E-state index contributed by atoms with van der Waals surface area (Å²) >= 11 is 0. The Kier molecular flexibility index (Phi) is 5.57. The molecule has 0 spiro atoms. The van der Waals surface area contributed by atoms with Gasteiger partial charge < -0.3 is 14.7 Å². The Hall–Kier alpha value is -3.93. The van der Waals surface area contributed by atoms with Gasteiger partial charge in [0, 0.05) is 43.0 Å². The summed E-state index contributed by atoms with van der Waals surface area (Å²) in [6.07, 6.45) is 0. The van der Waals surface area contributed by atoms with Gasteiger partial charge in [-0.1, -0.05) is 47.6 Å². The van der Waals surface area contributed by atoms with Crippen LogP contribution in [0.3, 0.4) is 0 Å². The highest BCUT2D eigenvalue weighted by Crippen LogP contribution is 2.22. The molecule has 0 aliphatic carbocycles. The zero-order valence-electron chi connectivity index (χ0n) is 16.9. The average Bonchev–Trinajstić information content (AvgIpc) is 3.29. The number of nitrogens with zero attached hydrogens (tertiary/aromatic N) is 3. The minimum absolute atomic E-state index is 0.131. The van der Waals surface area contributed by atoms with Gasteiger partial charge in [0.25, 0.3) is 11.8 Å². The molecule has 1 amide bonds. The molecule has 0 aliphatic rings. The molecular formula is C24H22N4O2. The second kappa shape index (κ2) is 8.61. The lowest BCUT2D eigenvalue weighted by Gasteiger charge is -2.13. The molecule has 1 heterocycles. The van der Waals surface area contributed by atoms with Crippen LogP contribution < -0.4 is 10.2 Å². The quantitative estimate of drug-likeness (QED) is 0.521. The molecule has 30 heavy (non-hydrogen) atoms. The molecule has 6 heteroatoms. The lowest BCUT2D eigenvalue weighted by Crippen LogP contribution is -2.22. The fraction of sp³-hybridized carbons (Fsp3) is 0.125. The number of hydrogen-bond donors (Lipinski definition) is 1. The van der Waals surface area contributed by atoms with Crippen molar-refractivity contribution in [3.8, 4) is 22.8 Å². The van der Waals surface area contributed by atoms with Crippen LogP contribution in [0, 0.1) is 0 Å². The molecule has 0 bridgehead atoms. The maximum absolute atomic E-state index is 12.5. The van der Waals surface area contributed by atoms with E-state index in [4.69, 9.17) is 4.52 Å². The lowest BCUT2D eigenvalue weighted by atomic mass is 10.1. The van der Waals surface area contributed by atoms with Crippen molar-refractivity contribution in [2.45, 2.75) is 6.54 Å². The molecule has 150 valence electrons. The smallest absolute Gasteiger partial charge is 0.258 e. The second-order valence-electron chi connectivity index (χ2n) is 7.11. The molecule has 0 radical (unpaired) electrons. The van der Waals surface area contributed by atoms with Crippen LogP contribution in [0.2, 0.25) is 0 Å². The number of carbonyl (C=O) groups is 1. The van der Waals surface area contributed by atoms with Crippen LogP contribution in [-0.4, -0.2) is 30.1 Å². The summed E-state index contributed by atoms with van der Waals surface area (Å²) in [7, 11) is 3.99. The summed E-state index contributed by atoms with van der Waals surface area (Å²) < 4.78 is 5.37. The van der Waals surface area contributed by atoms with Gasteiger partial charge in [0.1, 0.15) is 0 Å². The Morgan fingerprint density at radius 1 is 0.900 bits per heavy atom. The first-order valence-electron chi connectivity index (χ1n) is 9.64. The Bertz CT molecular complexity index is 1120. The Morgan fingerprint density at radius 2 is 1.60 bits per heavy atom. The number of carbonyl (C=O) groups excluding carboxylic acids is 1. The summed E-state index contributed by atoms with van der Waals surface area (Å²) in [5.74, 6) is 0.822. The molecule has 0 unspecified atom stereocenters. The maximum Gasteiger partial charge on any atom is 0.258 e. The monoisotopic (exact) mass is 398 g/mol. The van der Waals surface area contributed by atoms with E-state index < -0.39 is 0 Å². The fourth-order valence-electron chi connectivity index (χ4n) is 3.01. The van der Waals surface area contributed by atoms with Crippen LogP contribution in [0.1, 0.15) is 15.9 Å². The normalized spacial score (nSPS) is 10.6. The van der Waals surface area contributed by atoms with Gasteiger partial charge in [-0.15, -0.1) is 0 Å². The molecule has 0 atom stereocenters. The van der Waals surface area contributed by atoms with Crippen molar-refractivity contribution in [1.82, 2.24) is 15.5 Å². The molecular weight excluding hydrogens is 376 g/mol. The fourth-order valence-corrected chi connectivity index (χ4v) is 3.01. The molecule has 1 aromatic heterocycles. The topological polar surface area (TPSA) is 71.3 Å². The van der Waals surface area contributed by atoms with E-state index in [0.29, 0.717) is 23.8 Å². The molecule has 4 rings (SSSR count). The molecule has 0 saturated heterocycles. The van der Waals surface area contributed by atoms with Gasteiger partial charge in [0.05, 0.1) is 0 Å². The highest BCUT2D eigenvalue weighted by Gasteiger charge is 2.12. The third-order valence-electron chi connectivity index (χ3n) is 4.76. The highest BCUT2D eigenvalue weighted by atomic mass is 16.5. The number of nitrogens with one attached hydrogen (secondary N) is 1. The Balaban J connectivity index is 1.39. The number of benzene rings is 3. The number of amides is 1. The number of anilines is 1. The predicted octanol–water partition coefficient (Wildman–Crippen LogP) is 4.40. The zero-order valence-corrected chi connectivity index (χ0v) is 16.9. The van der Waals surface area contributed by atoms with Gasteiger partial charge in [-0.3, -0.25) is 4.79 Å². The molecule has 0 fully saturated rings. The number of aromatic nitrogens is 2. The van der Waals surface area contributed by atoms with E-state index in [1.54, 1.807) is 12.1 Å². The SMILES string of the molecule is CN(C)c1ccc(CNC(=O)c2ccc(-c3nc(-c4ccccc4)no3)cc2)cc1. The minimum Gasteiger partial charge on any atom is -0.378 e. The predicted molar refractivity (Wildman–Crippen MR) is 117 cm³/mol. The lowest BCUT2D eigenvalue weighted by molar-refractivity contribution is 0.0951. The summed E-state index contributed by atoms with van der Waals surface area (Å²) in [5.41, 5.74) is 4.40. The van der Waals surface area contributed by atoms with Crippen LogP contribution in [-0.2, 0) is 6.54 Å². The molecule has 3 aromatic carbocycles. The maximum atomic E-state index is 12.5. The van der Waals surface area contributed by atoms with Gasteiger partial charge in [-0.05, 0) is 42.0 Å². The van der Waals surface area contributed by atoms with Gasteiger partial charge in [0.15, 0.2) is 0 Å². The van der Waals surface area contributed by atoms with Crippen LogP contribution in [0.25, 0.3) is 22.8 Å². The van der Waals surface area contributed by atoms with E-state index in [0.717, 1.165) is 22.4 Å². The third-order valence-corrected chi connectivity index (χ3v) is 4.76. The van der Waals surface area contributed by atoms with Gasteiger partial charge in [-0.2, -0.15) is 4.98 Å². The van der Waals surface area contributed by atoms with Crippen molar-refractivity contribution in [2.75, 3.05) is 19.0 Å². The van der Waals surface area contributed by atoms with Gasteiger partial charge >= 0.3 is 0 Å². The van der Waals surface area contributed by atoms with Crippen molar-refractivity contribution in [1.29, 1.82) is 0 Å². The van der Waals surface area contributed by atoms with E-state index in [-0.39, 0.29) is 5.91 Å². The number of rotatable bonds is 6. The zero-order chi connectivity index (χ0) is 20.9. The van der Waals surface area contributed by atoms with Crippen molar-refractivity contribution < 1.29 is 9.32 Å². The summed E-state index contributed by atoms with van der Waals surface area (Å²) in [4.78, 5) is 18.9. The first-order valence-corrected chi connectivity index (χ1v) is 9.64. The van der Waals surface area contributed by atoms with Crippen molar-refractivity contribution in [2.24, 2.45) is 0 Å². The van der Waals surface area contributed by atoms with Crippen LogP contribution in [0.4, 0.5) is 5.69 Å². The van der Waals surface area contributed by atoms with Crippen molar-refractivity contribution in [3.63, 3.8) is 0 Å². The number of hydrogen-bond acceptors (Lipinski definition) is 5. The Labute approximate surface area is 175 Å². The standard InChI is InChI=1S/C24H22N4O2/c1-28(2)21-14-8-17(9-15-21)16-25-23(29)19-10-12-20(13-11-19)24-26-22(27-30-24)18-6-4-3-5-7-18/h3-15H,16H2,1-2H3,(H,25,29). The molecule has 0 aliphatic heterocycles. The largest absolute Gasteiger partial charge is 0.378 e. The van der Waals surface area contributed by atoms with Crippen LogP contribution in [0.15, 0.2) is 83.4 Å². The average molecular weight is 398 g/mol. The second-order valence-corrected chi connectivity index (χ2v) is 7.11. The molecule has 6 nitrogen and oxygen atoms in total. The van der Waals surface area contributed by atoms with E-state index in [1.165, 1.54) is 0 Å². The molecule has 1 N–H and O–H groups in total. The third kappa shape index (κ3) is 4.38. The highest BCUT2D eigenvalue weighted by molar-refractivity contribution is 5.94. The first kappa shape index (κ1) is 19.4. The van der Waals surface area contributed by atoms with E-state index in [9.17, 15) is 4.79 Å². The summed E-state index contributed by atoms with van der Waals surface area (Å²) in [6.45, 7) is 0.471.